The predicted octanol–water partition coefficient (Wildman–Crippen LogP) is 6.42. The van der Waals surface area contributed by atoms with Crippen LogP contribution in [-0.4, -0.2) is 29.0 Å². The summed E-state index contributed by atoms with van der Waals surface area (Å²) in [5, 5.41) is 6.43. The predicted molar refractivity (Wildman–Crippen MR) is 155 cm³/mol. The van der Waals surface area contributed by atoms with Crippen LogP contribution in [0.15, 0.2) is 102 Å². The van der Waals surface area contributed by atoms with Crippen molar-refractivity contribution in [3.63, 3.8) is 0 Å². The van der Waals surface area contributed by atoms with Crippen LogP contribution in [0.25, 0.3) is 0 Å². The summed E-state index contributed by atoms with van der Waals surface area (Å²) in [6.45, 7) is 3.86. The molecule has 0 aliphatic rings. The Morgan fingerprint density at radius 3 is 1.76 bits per heavy atom. The number of rotatable bonds is 10. The van der Waals surface area contributed by atoms with Crippen LogP contribution >= 0.6 is 17.6 Å². The van der Waals surface area contributed by atoms with Gasteiger partial charge in [-0.25, -0.2) is 9.78 Å². The minimum atomic E-state index is -2.35. The largest absolute Gasteiger partial charge is 0.432 e. The van der Waals surface area contributed by atoms with Gasteiger partial charge in [-0.1, -0.05) is 122 Å². The summed E-state index contributed by atoms with van der Waals surface area (Å²) in [5.74, 6) is -0.666. The first kappa shape index (κ1) is 26.7. The highest BCUT2D eigenvalue weighted by atomic mass is 32.4. The van der Waals surface area contributed by atoms with Gasteiger partial charge in [-0.2, -0.15) is 0 Å². The summed E-state index contributed by atoms with van der Waals surface area (Å²) >= 11 is 6.88. The van der Waals surface area contributed by atoms with Crippen molar-refractivity contribution in [3.05, 3.63) is 119 Å². The lowest BCUT2D eigenvalue weighted by Gasteiger charge is -2.33. The number of aromatic nitrogens is 1. The molecule has 0 fully saturated rings. The number of nitrogens with zero attached hydrogens (tertiary/aromatic N) is 2. The van der Waals surface area contributed by atoms with E-state index in [0.29, 0.717) is 17.5 Å². The summed E-state index contributed by atoms with van der Waals surface area (Å²) in [7, 11) is 0. The number of carbonyl (C=O) groups excluding carboxylic acids is 1. The first-order valence-electron chi connectivity index (χ1n) is 11.9. The Kier molecular flexibility index (Phi) is 8.54. The van der Waals surface area contributed by atoms with Crippen LogP contribution in [0.3, 0.4) is 0 Å². The minimum absolute atomic E-state index is 0.0729. The number of hydrogen-bond donors (Lipinski definition) is 1. The first-order chi connectivity index (χ1) is 17.9. The lowest BCUT2D eigenvalue weighted by molar-refractivity contribution is -0.126. The molecule has 0 aliphatic carbocycles. The van der Waals surface area contributed by atoms with Gasteiger partial charge in [0.05, 0.1) is 0 Å². The van der Waals surface area contributed by atoms with E-state index < -0.39 is 17.8 Å². The van der Waals surface area contributed by atoms with Gasteiger partial charge >= 0.3 is 5.97 Å². The first-order valence-corrected chi connectivity index (χ1v) is 15.8. The van der Waals surface area contributed by atoms with Crippen molar-refractivity contribution in [2.45, 2.75) is 19.4 Å². The van der Waals surface area contributed by atoms with E-state index in [1.807, 2.05) is 105 Å². The Labute approximate surface area is 226 Å². The topological polar surface area (TPSA) is 86.8 Å². The second kappa shape index (κ2) is 11.8. The van der Waals surface area contributed by atoms with Gasteiger partial charge in [-0.15, -0.1) is 11.3 Å². The Hall–Kier alpha value is -3.32. The molecule has 1 aromatic heterocycles. The second-order valence-electron chi connectivity index (χ2n) is 8.21. The molecule has 6 nitrogen and oxygen atoms in total. The molecule has 0 bridgehead atoms. The van der Waals surface area contributed by atoms with Crippen molar-refractivity contribution in [2.24, 2.45) is 5.16 Å². The number of nitrogen functional groups attached to an aromatic ring is 1. The SMILES string of the molecule is CCP(=S)(CC)OC(=O)/C(=N\OC(c1ccccc1)(c1ccccc1)c1ccccc1)c1csc(N)n1. The van der Waals surface area contributed by atoms with E-state index in [0.717, 1.165) is 16.7 Å². The Morgan fingerprint density at radius 2 is 1.38 bits per heavy atom. The fraction of sp³-hybridized carbons (Fsp3) is 0.179. The summed E-state index contributed by atoms with van der Waals surface area (Å²) < 4.78 is 5.84. The maximum absolute atomic E-state index is 13.5. The number of anilines is 1. The van der Waals surface area contributed by atoms with E-state index in [1.165, 1.54) is 11.3 Å². The normalized spacial score (nSPS) is 12.2. The van der Waals surface area contributed by atoms with Crippen LogP contribution in [0.4, 0.5) is 5.13 Å². The summed E-state index contributed by atoms with van der Waals surface area (Å²) in [4.78, 5) is 24.3. The molecule has 2 N–H and O–H groups in total. The number of thiazole rings is 1. The highest BCUT2D eigenvalue weighted by Crippen LogP contribution is 2.47. The maximum Gasteiger partial charge on any atom is 0.366 e. The number of oxime groups is 1. The molecule has 0 saturated carbocycles. The monoisotopic (exact) mass is 549 g/mol. The lowest BCUT2D eigenvalue weighted by Crippen LogP contribution is -2.32. The third kappa shape index (κ3) is 5.82. The van der Waals surface area contributed by atoms with E-state index in [-0.39, 0.29) is 11.4 Å². The Bertz CT molecular complexity index is 1310. The molecule has 4 aromatic rings. The van der Waals surface area contributed by atoms with E-state index in [4.69, 9.17) is 26.9 Å². The van der Waals surface area contributed by atoms with Crippen LogP contribution in [0.5, 0.6) is 0 Å². The van der Waals surface area contributed by atoms with Crippen LogP contribution in [0.2, 0.25) is 0 Å². The molecule has 0 aliphatic heterocycles. The molecular weight excluding hydrogens is 521 g/mol. The lowest BCUT2D eigenvalue weighted by atomic mass is 9.80. The van der Waals surface area contributed by atoms with Crippen molar-refractivity contribution in [1.29, 1.82) is 0 Å². The second-order valence-corrected chi connectivity index (χ2v) is 14.2. The van der Waals surface area contributed by atoms with E-state index in [1.54, 1.807) is 5.38 Å². The third-order valence-electron chi connectivity index (χ3n) is 5.99. The number of benzene rings is 3. The third-order valence-corrected chi connectivity index (χ3v) is 10.9. The van der Waals surface area contributed by atoms with Crippen molar-refractivity contribution in [1.82, 2.24) is 4.98 Å². The van der Waals surface area contributed by atoms with E-state index in [2.05, 4.69) is 10.1 Å². The van der Waals surface area contributed by atoms with E-state index >= 15 is 0 Å². The summed E-state index contributed by atoms with van der Waals surface area (Å²) in [5.41, 5.74) is 7.47. The van der Waals surface area contributed by atoms with Crippen molar-refractivity contribution < 1.29 is 14.2 Å². The molecule has 0 unspecified atom stereocenters. The molecule has 0 amide bonds. The van der Waals surface area contributed by atoms with Crippen LogP contribution in [-0.2, 0) is 31.6 Å². The highest BCUT2D eigenvalue weighted by Gasteiger charge is 2.40. The van der Waals surface area contributed by atoms with Gasteiger partial charge < -0.3 is 15.1 Å². The fourth-order valence-corrected chi connectivity index (χ4v) is 5.77. The zero-order valence-electron chi connectivity index (χ0n) is 20.6. The van der Waals surface area contributed by atoms with Crippen LogP contribution in [0.1, 0.15) is 36.2 Å². The molecule has 9 heteroatoms. The van der Waals surface area contributed by atoms with Crippen molar-refractivity contribution in [2.75, 3.05) is 18.1 Å². The van der Waals surface area contributed by atoms with Gasteiger partial charge in [0.25, 0.3) is 0 Å². The smallest absolute Gasteiger partial charge is 0.366 e. The molecule has 0 spiro atoms. The molecule has 1 heterocycles. The Morgan fingerprint density at radius 1 is 0.919 bits per heavy atom. The number of nitrogens with two attached hydrogens (primary N) is 1. The molecule has 0 saturated heterocycles. The van der Waals surface area contributed by atoms with Crippen LogP contribution < -0.4 is 5.73 Å². The van der Waals surface area contributed by atoms with Gasteiger partial charge in [-0.3, -0.25) is 0 Å². The minimum Gasteiger partial charge on any atom is -0.432 e. The highest BCUT2D eigenvalue weighted by molar-refractivity contribution is 8.12. The van der Waals surface area contributed by atoms with Gasteiger partial charge in [0.2, 0.25) is 11.3 Å². The van der Waals surface area contributed by atoms with Crippen LogP contribution in [0, 0.1) is 0 Å². The molecule has 3 aromatic carbocycles. The van der Waals surface area contributed by atoms with Crippen molar-refractivity contribution in [3.8, 4) is 0 Å². The van der Waals surface area contributed by atoms with Gasteiger partial charge in [-0.05, 0) is 0 Å². The van der Waals surface area contributed by atoms with Gasteiger partial charge in [0, 0.05) is 34.4 Å². The molecular formula is C28H28N3O3PS2. The summed E-state index contributed by atoms with van der Waals surface area (Å²) in [6, 6.07) is 29.3. The molecule has 190 valence electrons. The van der Waals surface area contributed by atoms with E-state index in [9.17, 15) is 4.79 Å². The molecule has 4 rings (SSSR count). The van der Waals surface area contributed by atoms with Gasteiger partial charge in [0.15, 0.2) is 5.13 Å². The van der Waals surface area contributed by atoms with Gasteiger partial charge in [0.1, 0.15) is 12.0 Å². The maximum atomic E-state index is 13.5. The molecule has 37 heavy (non-hydrogen) atoms. The number of carbonyl (C=O) groups is 1. The van der Waals surface area contributed by atoms with Crippen molar-refractivity contribution >= 4 is 46.2 Å². The quantitative estimate of drug-likeness (QED) is 0.106. The average Bonchev–Trinajstić information content (AvgIpc) is 3.38. The average molecular weight is 550 g/mol. The summed E-state index contributed by atoms with van der Waals surface area (Å²) in [6.07, 6.45) is -1.19. The molecule has 0 radical (unpaired) electrons. The Balaban J connectivity index is 1.91. The zero-order chi connectivity index (χ0) is 26.3. The molecule has 0 atom stereocenters. The fourth-order valence-electron chi connectivity index (χ4n) is 3.92. The zero-order valence-corrected chi connectivity index (χ0v) is 23.1. The standard InChI is InChI=1S/C28H28N3O3PS2/c1-3-35(36,4-2)33-26(32)25(24-20-37-27(29)30-24)31-34-28(21-14-8-5-9-15-21,22-16-10-6-11-17-22)23-18-12-7-13-19-23/h5-20H,3-4H2,1-2H3,(H2,29,30)/b31-25-. The number of hydrogen-bond acceptors (Lipinski definition) is 8.